The maximum atomic E-state index is 12.1. The van der Waals surface area contributed by atoms with E-state index in [4.69, 9.17) is 0 Å². The van der Waals surface area contributed by atoms with Crippen LogP contribution in [0.25, 0.3) is 0 Å². The molecule has 0 aromatic heterocycles. The summed E-state index contributed by atoms with van der Waals surface area (Å²) in [5.41, 5.74) is -0.729. The van der Waals surface area contributed by atoms with Gasteiger partial charge in [-0.3, -0.25) is 4.79 Å². The van der Waals surface area contributed by atoms with E-state index in [9.17, 15) is 9.59 Å². The van der Waals surface area contributed by atoms with E-state index in [1.54, 1.807) is 6.92 Å². The summed E-state index contributed by atoms with van der Waals surface area (Å²) in [5, 5.41) is 0. The van der Waals surface area contributed by atoms with E-state index >= 15 is 0 Å². The van der Waals surface area contributed by atoms with E-state index in [-0.39, 0.29) is 17.6 Å². The molecule has 3 unspecified atom stereocenters. The lowest BCUT2D eigenvalue weighted by Gasteiger charge is -2.39. The van der Waals surface area contributed by atoms with Gasteiger partial charge in [0.15, 0.2) is 0 Å². The number of carbonyl (C=O) groups excluding carboxylic acids is 2. The average Bonchev–Trinajstić information content (AvgIpc) is 2.14. The highest BCUT2D eigenvalue weighted by Gasteiger charge is 2.46. The maximum absolute atomic E-state index is 12.1. The predicted octanol–water partition coefficient (Wildman–Crippen LogP) is 2.46. The molecule has 1 fully saturated rings. The van der Waals surface area contributed by atoms with Gasteiger partial charge in [-0.15, -0.1) is 0 Å². The van der Waals surface area contributed by atoms with Crippen LogP contribution < -0.4 is 0 Å². The number of Topliss-reactive ketones (excluding diaryl/α,β-unsaturated/α-hetero) is 1. The maximum Gasteiger partial charge on any atom is 0.149 e. The van der Waals surface area contributed by atoms with Crippen molar-refractivity contribution in [2.75, 3.05) is 0 Å². The summed E-state index contributed by atoms with van der Waals surface area (Å²) in [6.07, 6.45) is 2.79. The van der Waals surface area contributed by atoms with Gasteiger partial charge < -0.3 is 4.79 Å². The molecule has 0 N–H and O–H groups in total. The minimum absolute atomic E-state index is 0.0846. The Kier molecular flexibility index (Phi) is 3.13. The summed E-state index contributed by atoms with van der Waals surface area (Å²) in [6, 6.07) is 0. The van der Waals surface area contributed by atoms with Crippen molar-refractivity contribution in [2.45, 2.75) is 40.5 Å². The molecule has 1 aliphatic rings. The predicted molar refractivity (Wildman–Crippen MR) is 55.9 cm³/mol. The molecule has 1 rings (SSSR count). The van der Waals surface area contributed by atoms with E-state index in [1.807, 2.05) is 6.92 Å². The van der Waals surface area contributed by atoms with Gasteiger partial charge in [0.2, 0.25) is 0 Å². The fourth-order valence-electron chi connectivity index (χ4n) is 2.31. The summed E-state index contributed by atoms with van der Waals surface area (Å²) in [7, 11) is 0. The molecule has 2 heteroatoms. The van der Waals surface area contributed by atoms with Crippen molar-refractivity contribution in [3.05, 3.63) is 0 Å². The first-order valence-electron chi connectivity index (χ1n) is 5.44. The highest BCUT2D eigenvalue weighted by molar-refractivity contribution is 6.00. The van der Waals surface area contributed by atoms with Gasteiger partial charge in [-0.1, -0.05) is 20.8 Å². The molecule has 80 valence electrons. The highest BCUT2D eigenvalue weighted by atomic mass is 16.1. The van der Waals surface area contributed by atoms with Gasteiger partial charge in [-0.05, 0) is 31.6 Å². The third-order valence-electron chi connectivity index (χ3n) is 3.85. The molecule has 0 aromatic carbocycles. The van der Waals surface area contributed by atoms with Crippen LogP contribution in [0.15, 0.2) is 0 Å². The number of carbonyl (C=O) groups is 2. The fourth-order valence-corrected chi connectivity index (χ4v) is 2.31. The van der Waals surface area contributed by atoms with Gasteiger partial charge in [0.1, 0.15) is 12.1 Å². The molecule has 0 spiro atoms. The van der Waals surface area contributed by atoms with Crippen LogP contribution in [0.1, 0.15) is 40.5 Å². The van der Waals surface area contributed by atoms with Crippen LogP contribution >= 0.6 is 0 Å². The third kappa shape index (κ3) is 1.62. The molecule has 1 aliphatic carbocycles. The summed E-state index contributed by atoms with van der Waals surface area (Å²) in [6.45, 7) is 7.91. The zero-order valence-corrected chi connectivity index (χ0v) is 9.54. The molecule has 0 amide bonds. The van der Waals surface area contributed by atoms with Crippen LogP contribution in [0.3, 0.4) is 0 Å². The molecule has 1 saturated carbocycles. The van der Waals surface area contributed by atoms with E-state index < -0.39 is 5.41 Å². The Hall–Kier alpha value is -0.660. The Morgan fingerprint density at radius 1 is 1.43 bits per heavy atom. The van der Waals surface area contributed by atoms with Gasteiger partial charge in [-0.2, -0.15) is 0 Å². The van der Waals surface area contributed by atoms with Crippen molar-refractivity contribution >= 4 is 12.1 Å². The van der Waals surface area contributed by atoms with Crippen LogP contribution in [-0.4, -0.2) is 12.1 Å². The van der Waals surface area contributed by atoms with E-state index in [0.717, 1.165) is 19.1 Å². The average molecular weight is 196 g/mol. The zero-order valence-electron chi connectivity index (χ0n) is 9.54. The molecule has 0 saturated heterocycles. The lowest BCUT2D eigenvalue weighted by molar-refractivity contribution is -0.144. The summed E-state index contributed by atoms with van der Waals surface area (Å²) < 4.78 is 0. The van der Waals surface area contributed by atoms with Gasteiger partial charge in [0.25, 0.3) is 0 Å². The van der Waals surface area contributed by atoms with E-state index in [1.165, 1.54) is 0 Å². The van der Waals surface area contributed by atoms with Gasteiger partial charge in [0, 0.05) is 5.92 Å². The molecule has 0 aliphatic heterocycles. The van der Waals surface area contributed by atoms with Crippen molar-refractivity contribution in [1.82, 2.24) is 0 Å². The summed E-state index contributed by atoms with van der Waals surface area (Å²) >= 11 is 0. The van der Waals surface area contributed by atoms with Crippen molar-refractivity contribution in [2.24, 2.45) is 23.2 Å². The Morgan fingerprint density at radius 3 is 2.43 bits per heavy atom. The van der Waals surface area contributed by atoms with Gasteiger partial charge in [0.05, 0.1) is 5.41 Å². The molecular weight excluding hydrogens is 176 g/mol. The number of hydrogen-bond donors (Lipinski definition) is 0. The molecule has 0 bridgehead atoms. The van der Waals surface area contributed by atoms with Gasteiger partial charge in [-0.25, -0.2) is 0 Å². The first-order chi connectivity index (χ1) is 6.43. The van der Waals surface area contributed by atoms with E-state index in [0.29, 0.717) is 5.92 Å². The minimum Gasteiger partial charge on any atom is -0.302 e. The van der Waals surface area contributed by atoms with Crippen molar-refractivity contribution < 1.29 is 9.59 Å². The van der Waals surface area contributed by atoms with Crippen molar-refractivity contribution in [3.8, 4) is 0 Å². The number of hydrogen-bond acceptors (Lipinski definition) is 2. The molecule has 0 heterocycles. The summed E-state index contributed by atoms with van der Waals surface area (Å²) in [5.74, 6) is 0.791. The number of rotatable bonds is 2. The molecule has 2 nitrogen and oxygen atoms in total. The first-order valence-corrected chi connectivity index (χ1v) is 5.44. The zero-order chi connectivity index (χ0) is 10.9. The van der Waals surface area contributed by atoms with Crippen LogP contribution in [0.4, 0.5) is 0 Å². The molecule has 3 atom stereocenters. The van der Waals surface area contributed by atoms with Crippen molar-refractivity contribution in [1.29, 1.82) is 0 Å². The second-order valence-electron chi connectivity index (χ2n) is 5.09. The van der Waals surface area contributed by atoms with Crippen LogP contribution in [0.2, 0.25) is 0 Å². The largest absolute Gasteiger partial charge is 0.302 e. The number of ketones is 1. The molecule has 14 heavy (non-hydrogen) atoms. The minimum atomic E-state index is -0.729. The van der Waals surface area contributed by atoms with Crippen LogP contribution in [-0.2, 0) is 9.59 Å². The SMILES string of the molecule is CC(C)C1CCC(C)C(C)(C=O)C1=O. The Bertz CT molecular complexity index is 245. The molecule has 0 radical (unpaired) electrons. The highest BCUT2D eigenvalue weighted by Crippen LogP contribution is 2.41. The lowest BCUT2D eigenvalue weighted by atomic mass is 9.62. The first kappa shape index (κ1) is 11.4. The Balaban J connectivity index is 2.94. The standard InChI is InChI=1S/C12H20O2/c1-8(2)10-6-5-9(3)12(4,7-13)11(10)14/h7-10H,5-6H2,1-4H3. The van der Waals surface area contributed by atoms with Crippen LogP contribution in [0.5, 0.6) is 0 Å². The molecular formula is C12H20O2. The van der Waals surface area contributed by atoms with Crippen molar-refractivity contribution in [3.63, 3.8) is 0 Å². The Morgan fingerprint density at radius 2 is 2.00 bits per heavy atom. The Labute approximate surface area is 86.1 Å². The second kappa shape index (κ2) is 3.84. The monoisotopic (exact) mass is 196 g/mol. The second-order valence-corrected chi connectivity index (χ2v) is 5.09. The van der Waals surface area contributed by atoms with Gasteiger partial charge >= 0.3 is 0 Å². The lowest BCUT2D eigenvalue weighted by Crippen LogP contribution is -2.45. The topological polar surface area (TPSA) is 34.1 Å². The summed E-state index contributed by atoms with van der Waals surface area (Å²) in [4.78, 5) is 23.1. The quantitative estimate of drug-likeness (QED) is 0.502. The normalized spacial score (nSPS) is 38.8. The third-order valence-corrected chi connectivity index (χ3v) is 3.85. The molecule has 0 aromatic rings. The van der Waals surface area contributed by atoms with E-state index in [2.05, 4.69) is 13.8 Å². The fraction of sp³-hybridized carbons (Fsp3) is 0.833. The smallest absolute Gasteiger partial charge is 0.149 e. The van der Waals surface area contributed by atoms with Crippen LogP contribution in [0, 0.1) is 23.2 Å². The number of aldehydes is 1.